The molecule has 0 saturated heterocycles. The fourth-order valence-electron chi connectivity index (χ4n) is 1.56. The van der Waals surface area contributed by atoms with E-state index in [9.17, 15) is 4.79 Å². The van der Waals surface area contributed by atoms with Crippen LogP contribution in [0.1, 0.15) is 18.6 Å². The predicted molar refractivity (Wildman–Crippen MR) is 69.0 cm³/mol. The van der Waals surface area contributed by atoms with Gasteiger partial charge in [-0.15, -0.1) is 0 Å². The van der Waals surface area contributed by atoms with E-state index in [1.165, 1.54) is 0 Å². The summed E-state index contributed by atoms with van der Waals surface area (Å²) in [6, 6.07) is 7.17. The minimum atomic E-state index is -0.190. The van der Waals surface area contributed by atoms with E-state index in [1.54, 1.807) is 31.2 Å². The molecule has 0 aliphatic heterocycles. The number of nitrogens with zero attached hydrogens (tertiary/aromatic N) is 2. The summed E-state index contributed by atoms with van der Waals surface area (Å²) in [4.78, 5) is 15.7. The number of hydrogen-bond donors (Lipinski definition) is 1. The Morgan fingerprint density at radius 1 is 1.37 bits per heavy atom. The van der Waals surface area contributed by atoms with Crippen LogP contribution in [0.15, 0.2) is 28.8 Å². The highest BCUT2D eigenvalue weighted by Gasteiger charge is 2.09. The van der Waals surface area contributed by atoms with Gasteiger partial charge in [0.05, 0.1) is 13.0 Å². The van der Waals surface area contributed by atoms with Crippen molar-refractivity contribution in [3.63, 3.8) is 0 Å². The zero-order valence-electron chi connectivity index (χ0n) is 10.8. The molecule has 1 heterocycles. The van der Waals surface area contributed by atoms with Crippen molar-refractivity contribution < 1.29 is 14.1 Å². The Hall–Kier alpha value is -2.37. The van der Waals surface area contributed by atoms with Crippen LogP contribution in [-0.2, 0) is 11.2 Å². The van der Waals surface area contributed by atoms with Crippen molar-refractivity contribution in [3.8, 4) is 5.75 Å². The van der Waals surface area contributed by atoms with Crippen LogP contribution in [0.25, 0.3) is 0 Å². The van der Waals surface area contributed by atoms with Gasteiger partial charge in [0.15, 0.2) is 5.82 Å². The van der Waals surface area contributed by atoms with Gasteiger partial charge in [0.2, 0.25) is 11.8 Å². The maximum absolute atomic E-state index is 11.7. The molecule has 0 fully saturated rings. The number of aromatic nitrogens is 2. The standard InChI is InChI=1S/C13H15N3O3/c1-3-18-11-6-4-10(5-7-11)15-13(17)8-12-14-9(2)19-16-12/h4-7H,3,8H2,1-2H3,(H,15,17). The Kier molecular flexibility index (Phi) is 4.12. The van der Waals surface area contributed by atoms with E-state index in [1.807, 2.05) is 6.92 Å². The van der Waals surface area contributed by atoms with Gasteiger partial charge in [-0.2, -0.15) is 4.98 Å². The molecule has 0 atom stereocenters. The summed E-state index contributed by atoms with van der Waals surface area (Å²) >= 11 is 0. The first-order valence-electron chi connectivity index (χ1n) is 5.99. The lowest BCUT2D eigenvalue weighted by Gasteiger charge is -2.06. The number of carbonyl (C=O) groups is 1. The minimum absolute atomic E-state index is 0.0878. The first-order valence-corrected chi connectivity index (χ1v) is 5.99. The summed E-state index contributed by atoms with van der Waals surface area (Å²) < 4.78 is 10.1. The fraction of sp³-hybridized carbons (Fsp3) is 0.308. The maximum Gasteiger partial charge on any atom is 0.232 e. The molecule has 2 rings (SSSR count). The molecule has 0 unspecified atom stereocenters. The average Bonchev–Trinajstić information content (AvgIpc) is 2.77. The molecule has 0 bridgehead atoms. The van der Waals surface area contributed by atoms with Crippen LogP contribution in [-0.4, -0.2) is 22.7 Å². The van der Waals surface area contributed by atoms with Crippen molar-refractivity contribution >= 4 is 11.6 Å². The average molecular weight is 261 g/mol. The summed E-state index contributed by atoms with van der Waals surface area (Å²) in [5, 5.41) is 6.42. The topological polar surface area (TPSA) is 77.2 Å². The van der Waals surface area contributed by atoms with Crippen molar-refractivity contribution in [2.24, 2.45) is 0 Å². The minimum Gasteiger partial charge on any atom is -0.494 e. The lowest BCUT2D eigenvalue weighted by molar-refractivity contribution is -0.115. The second-order valence-corrected chi connectivity index (χ2v) is 3.91. The molecule has 19 heavy (non-hydrogen) atoms. The second-order valence-electron chi connectivity index (χ2n) is 3.91. The van der Waals surface area contributed by atoms with Crippen LogP contribution in [0.5, 0.6) is 5.75 Å². The van der Waals surface area contributed by atoms with Gasteiger partial charge in [0, 0.05) is 12.6 Å². The normalized spacial score (nSPS) is 10.2. The molecule has 0 saturated carbocycles. The van der Waals surface area contributed by atoms with Crippen LogP contribution >= 0.6 is 0 Å². The molecule has 0 aliphatic rings. The monoisotopic (exact) mass is 261 g/mol. The lowest BCUT2D eigenvalue weighted by Crippen LogP contribution is -2.15. The molecule has 100 valence electrons. The summed E-state index contributed by atoms with van der Waals surface area (Å²) in [6.45, 7) is 4.21. The van der Waals surface area contributed by atoms with Crippen molar-refractivity contribution in [1.82, 2.24) is 10.1 Å². The van der Waals surface area contributed by atoms with Crippen LogP contribution < -0.4 is 10.1 Å². The Morgan fingerprint density at radius 2 is 2.11 bits per heavy atom. The molecule has 1 aromatic heterocycles. The fourth-order valence-corrected chi connectivity index (χ4v) is 1.56. The van der Waals surface area contributed by atoms with Crippen LogP contribution in [0.4, 0.5) is 5.69 Å². The number of rotatable bonds is 5. The molecule has 1 aromatic carbocycles. The highest BCUT2D eigenvalue weighted by molar-refractivity contribution is 5.91. The SMILES string of the molecule is CCOc1ccc(NC(=O)Cc2noc(C)n2)cc1. The number of amides is 1. The van der Waals surface area contributed by atoms with Crippen molar-refractivity contribution in [1.29, 1.82) is 0 Å². The van der Waals surface area contributed by atoms with Gasteiger partial charge in [0.25, 0.3) is 0 Å². The molecular formula is C13H15N3O3. The molecule has 0 aliphatic carbocycles. The van der Waals surface area contributed by atoms with Gasteiger partial charge >= 0.3 is 0 Å². The Labute approximate surface area is 110 Å². The number of aryl methyl sites for hydroxylation is 1. The van der Waals surface area contributed by atoms with E-state index in [0.29, 0.717) is 24.0 Å². The number of hydrogen-bond acceptors (Lipinski definition) is 5. The molecule has 0 spiro atoms. The Morgan fingerprint density at radius 3 is 2.68 bits per heavy atom. The van der Waals surface area contributed by atoms with Gasteiger partial charge in [-0.3, -0.25) is 4.79 Å². The van der Waals surface area contributed by atoms with E-state index < -0.39 is 0 Å². The molecule has 1 N–H and O–H groups in total. The molecular weight excluding hydrogens is 246 g/mol. The zero-order valence-corrected chi connectivity index (χ0v) is 10.8. The van der Waals surface area contributed by atoms with Gasteiger partial charge in [-0.1, -0.05) is 5.16 Å². The van der Waals surface area contributed by atoms with Gasteiger partial charge < -0.3 is 14.6 Å². The zero-order chi connectivity index (χ0) is 13.7. The van der Waals surface area contributed by atoms with Crippen molar-refractivity contribution in [3.05, 3.63) is 36.0 Å². The third-order valence-electron chi connectivity index (χ3n) is 2.34. The number of anilines is 1. The molecule has 0 radical (unpaired) electrons. The summed E-state index contributed by atoms with van der Waals surface area (Å²) in [6.07, 6.45) is 0.0878. The quantitative estimate of drug-likeness (QED) is 0.890. The van der Waals surface area contributed by atoms with E-state index in [-0.39, 0.29) is 12.3 Å². The van der Waals surface area contributed by atoms with Gasteiger partial charge in [-0.25, -0.2) is 0 Å². The smallest absolute Gasteiger partial charge is 0.232 e. The summed E-state index contributed by atoms with van der Waals surface area (Å²) in [5.41, 5.74) is 0.702. The van der Waals surface area contributed by atoms with Crippen LogP contribution in [0.2, 0.25) is 0 Å². The van der Waals surface area contributed by atoms with Gasteiger partial charge in [0.1, 0.15) is 5.75 Å². The molecule has 1 amide bonds. The third-order valence-corrected chi connectivity index (χ3v) is 2.34. The third kappa shape index (κ3) is 3.80. The highest BCUT2D eigenvalue weighted by atomic mass is 16.5. The molecule has 2 aromatic rings. The van der Waals surface area contributed by atoms with Crippen LogP contribution in [0.3, 0.4) is 0 Å². The number of nitrogens with one attached hydrogen (secondary N) is 1. The van der Waals surface area contributed by atoms with Crippen LogP contribution in [0, 0.1) is 6.92 Å². The first kappa shape index (κ1) is 13.1. The Bertz CT molecular complexity index is 549. The van der Waals surface area contributed by atoms with Gasteiger partial charge in [-0.05, 0) is 31.2 Å². The summed E-state index contributed by atoms with van der Waals surface area (Å²) in [5.74, 6) is 1.41. The number of benzene rings is 1. The lowest BCUT2D eigenvalue weighted by atomic mass is 10.3. The second kappa shape index (κ2) is 5.99. The van der Waals surface area contributed by atoms with Crippen molar-refractivity contribution in [2.75, 3.05) is 11.9 Å². The first-order chi connectivity index (χ1) is 9.17. The van der Waals surface area contributed by atoms with E-state index in [2.05, 4.69) is 15.5 Å². The maximum atomic E-state index is 11.7. The van der Waals surface area contributed by atoms with E-state index >= 15 is 0 Å². The predicted octanol–water partition coefficient (Wildman–Crippen LogP) is 1.96. The van der Waals surface area contributed by atoms with E-state index in [4.69, 9.17) is 9.26 Å². The number of carbonyl (C=O) groups excluding carboxylic acids is 1. The molecule has 6 heteroatoms. The van der Waals surface area contributed by atoms with Crippen molar-refractivity contribution in [2.45, 2.75) is 20.3 Å². The Balaban J connectivity index is 1.91. The summed E-state index contributed by atoms with van der Waals surface area (Å²) in [7, 11) is 0. The van der Waals surface area contributed by atoms with E-state index in [0.717, 1.165) is 5.75 Å². The molecule has 6 nitrogen and oxygen atoms in total. The largest absolute Gasteiger partial charge is 0.494 e. The number of ether oxygens (including phenoxy) is 1. The highest BCUT2D eigenvalue weighted by Crippen LogP contribution is 2.15.